The van der Waals surface area contributed by atoms with Gasteiger partial charge in [-0.15, -0.1) is 0 Å². The first kappa shape index (κ1) is 23.8. The van der Waals surface area contributed by atoms with Crippen LogP contribution in [0.3, 0.4) is 0 Å². The van der Waals surface area contributed by atoms with Crippen molar-refractivity contribution in [2.24, 2.45) is 4.99 Å². The van der Waals surface area contributed by atoms with Crippen LogP contribution < -0.4 is 20.7 Å². The van der Waals surface area contributed by atoms with Gasteiger partial charge in [0.25, 0.3) is 5.69 Å². The Morgan fingerprint density at radius 3 is 2.52 bits per heavy atom. The Hall–Kier alpha value is -3.47. The van der Waals surface area contributed by atoms with Crippen molar-refractivity contribution in [3.05, 3.63) is 64.2 Å². The maximum Gasteiger partial charge on any atom is 0.387 e. The third kappa shape index (κ3) is 8.05. The highest BCUT2D eigenvalue weighted by atomic mass is 19.3. The highest BCUT2D eigenvalue weighted by Crippen LogP contribution is 2.22. The number of rotatable bonds is 11. The van der Waals surface area contributed by atoms with Crippen molar-refractivity contribution in [3.8, 4) is 5.75 Å². The molecule has 0 saturated carbocycles. The van der Waals surface area contributed by atoms with Crippen LogP contribution in [0.2, 0.25) is 0 Å². The van der Waals surface area contributed by atoms with Gasteiger partial charge in [0.1, 0.15) is 11.4 Å². The Kier molecular flexibility index (Phi) is 9.43. The second kappa shape index (κ2) is 12.3. The van der Waals surface area contributed by atoms with E-state index in [0.717, 1.165) is 0 Å². The summed E-state index contributed by atoms with van der Waals surface area (Å²) >= 11 is 0. The fourth-order valence-electron chi connectivity index (χ4n) is 2.66. The van der Waals surface area contributed by atoms with E-state index in [-0.39, 0.29) is 18.0 Å². The third-order valence-electron chi connectivity index (χ3n) is 4.09. The second-order valence-electron chi connectivity index (χ2n) is 6.31. The van der Waals surface area contributed by atoms with Crippen LogP contribution in [0.5, 0.6) is 5.75 Å². The SMILES string of the molecule is CCNC(=NCC(O)c1ccc(OC(F)F)cc1)NCCNc1ccccc1[N+](=O)[O-]. The quantitative estimate of drug-likeness (QED) is 0.140. The van der Waals surface area contributed by atoms with Crippen LogP contribution in [-0.2, 0) is 0 Å². The van der Waals surface area contributed by atoms with Gasteiger partial charge in [0.2, 0.25) is 0 Å². The van der Waals surface area contributed by atoms with Gasteiger partial charge in [0.15, 0.2) is 5.96 Å². The minimum atomic E-state index is -2.91. The summed E-state index contributed by atoms with van der Waals surface area (Å²) in [7, 11) is 0. The fourth-order valence-corrected chi connectivity index (χ4v) is 2.66. The molecular formula is C20H25F2N5O4. The van der Waals surface area contributed by atoms with Crippen LogP contribution in [0, 0.1) is 10.1 Å². The van der Waals surface area contributed by atoms with Crippen molar-refractivity contribution < 1.29 is 23.5 Å². The standard InChI is InChI=1S/C20H25F2N5O4/c1-2-23-20(25-12-11-24-16-5-3-4-6-17(16)27(29)30)26-13-18(28)14-7-9-15(10-8-14)31-19(21)22/h3-10,18-19,24,28H,2,11-13H2,1H3,(H2,23,25,26). The highest BCUT2D eigenvalue weighted by molar-refractivity contribution is 5.79. The molecule has 2 aromatic carbocycles. The van der Waals surface area contributed by atoms with Crippen LogP contribution in [0.15, 0.2) is 53.5 Å². The normalized spacial score (nSPS) is 12.4. The average Bonchev–Trinajstić information content (AvgIpc) is 2.75. The first-order chi connectivity index (χ1) is 14.9. The van der Waals surface area contributed by atoms with Gasteiger partial charge in [-0.2, -0.15) is 8.78 Å². The van der Waals surface area contributed by atoms with E-state index in [9.17, 15) is 24.0 Å². The van der Waals surface area contributed by atoms with Crippen LogP contribution in [0.4, 0.5) is 20.2 Å². The Labute approximate surface area is 178 Å². The molecule has 11 heteroatoms. The van der Waals surface area contributed by atoms with Gasteiger partial charge in [-0.3, -0.25) is 15.1 Å². The zero-order valence-electron chi connectivity index (χ0n) is 16.9. The fraction of sp³-hybridized carbons (Fsp3) is 0.350. The van der Waals surface area contributed by atoms with E-state index in [1.807, 2.05) is 6.92 Å². The summed E-state index contributed by atoms with van der Waals surface area (Å²) in [5.74, 6) is 0.471. The van der Waals surface area contributed by atoms with Crippen molar-refractivity contribution in [2.75, 3.05) is 31.5 Å². The lowest BCUT2D eigenvalue weighted by molar-refractivity contribution is -0.384. The number of guanidine groups is 1. The summed E-state index contributed by atoms with van der Waals surface area (Å²) in [5.41, 5.74) is 0.932. The molecule has 0 saturated heterocycles. The van der Waals surface area contributed by atoms with Gasteiger partial charge in [0, 0.05) is 25.7 Å². The molecule has 2 rings (SSSR count). The minimum absolute atomic E-state index is 0.00355. The molecule has 9 nitrogen and oxygen atoms in total. The number of ether oxygens (including phenoxy) is 1. The molecule has 4 N–H and O–H groups in total. The lowest BCUT2D eigenvalue weighted by atomic mass is 10.1. The first-order valence-electron chi connectivity index (χ1n) is 9.63. The predicted molar refractivity (Wildman–Crippen MR) is 114 cm³/mol. The smallest absolute Gasteiger partial charge is 0.387 e. The molecular weight excluding hydrogens is 412 g/mol. The summed E-state index contributed by atoms with van der Waals surface area (Å²) in [5, 5.41) is 30.4. The molecule has 0 spiro atoms. The van der Waals surface area contributed by atoms with E-state index in [1.165, 1.54) is 30.3 Å². The summed E-state index contributed by atoms with van der Waals surface area (Å²) < 4.78 is 28.7. The summed E-state index contributed by atoms with van der Waals surface area (Å²) in [6.07, 6.45) is -0.929. The number of halogens is 2. The molecule has 0 radical (unpaired) electrons. The number of para-hydroxylation sites is 2. The topological polar surface area (TPSA) is 121 Å². The Bertz CT molecular complexity index is 865. The third-order valence-corrected chi connectivity index (χ3v) is 4.09. The second-order valence-corrected chi connectivity index (χ2v) is 6.31. The number of benzene rings is 2. The molecule has 168 valence electrons. The molecule has 1 atom stereocenters. The van der Waals surface area contributed by atoms with Gasteiger partial charge >= 0.3 is 6.61 Å². The van der Waals surface area contributed by atoms with E-state index in [2.05, 4.69) is 25.7 Å². The molecule has 0 fully saturated rings. The molecule has 0 amide bonds. The summed E-state index contributed by atoms with van der Waals surface area (Å²) in [4.78, 5) is 14.9. The van der Waals surface area contributed by atoms with Crippen molar-refractivity contribution in [1.29, 1.82) is 0 Å². The number of anilines is 1. The van der Waals surface area contributed by atoms with Crippen LogP contribution in [0.25, 0.3) is 0 Å². The Morgan fingerprint density at radius 1 is 1.16 bits per heavy atom. The number of nitrogens with zero attached hydrogens (tertiary/aromatic N) is 2. The molecule has 0 aliphatic heterocycles. The maximum absolute atomic E-state index is 12.2. The molecule has 2 aromatic rings. The molecule has 1 unspecified atom stereocenters. The average molecular weight is 437 g/mol. The Morgan fingerprint density at radius 2 is 1.87 bits per heavy atom. The van der Waals surface area contributed by atoms with Gasteiger partial charge in [-0.1, -0.05) is 24.3 Å². The van der Waals surface area contributed by atoms with Gasteiger partial charge in [0.05, 0.1) is 17.6 Å². The molecule has 0 heterocycles. The number of nitrogens with one attached hydrogen (secondary N) is 3. The number of hydrogen-bond acceptors (Lipinski definition) is 6. The summed E-state index contributed by atoms with van der Waals surface area (Å²) in [6, 6.07) is 12.1. The molecule has 0 aliphatic carbocycles. The molecule has 31 heavy (non-hydrogen) atoms. The van der Waals surface area contributed by atoms with Crippen molar-refractivity contribution in [3.63, 3.8) is 0 Å². The van der Waals surface area contributed by atoms with Crippen LogP contribution in [0.1, 0.15) is 18.6 Å². The number of aliphatic hydroxyl groups excluding tert-OH is 1. The molecule has 0 bridgehead atoms. The van der Waals surface area contributed by atoms with E-state index < -0.39 is 17.6 Å². The number of hydrogen-bond donors (Lipinski definition) is 4. The summed E-state index contributed by atoms with van der Waals surface area (Å²) in [6.45, 7) is 0.454. The number of nitro groups is 1. The maximum atomic E-state index is 12.2. The zero-order chi connectivity index (χ0) is 22.6. The highest BCUT2D eigenvalue weighted by Gasteiger charge is 2.12. The lowest BCUT2D eigenvalue weighted by Crippen LogP contribution is -2.39. The van der Waals surface area contributed by atoms with Crippen molar-refractivity contribution >= 4 is 17.3 Å². The van der Waals surface area contributed by atoms with E-state index in [0.29, 0.717) is 36.8 Å². The Balaban J connectivity index is 1.86. The lowest BCUT2D eigenvalue weighted by Gasteiger charge is -2.14. The van der Waals surface area contributed by atoms with Crippen LogP contribution in [-0.4, -0.2) is 48.8 Å². The van der Waals surface area contributed by atoms with Gasteiger partial charge in [-0.25, -0.2) is 0 Å². The van der Waals surface area contributed by atoms with Gasteiger partial charge in [-0.05, 0) is 30.7 Å². The largest absolute Gasteiger partial charge is 0.435 e. The van der Waals surface area contributed by atoms with E-state index in [4.69, 9.17) is 0 Å². The zero-order valence-corrected chi connectivity index (χ0v) is 16.9. The number of alkyl halides is 2. The number of aliphatic imine (C=N–C) groups is 1. The van der Waals surface area contributed by atoms with Crippen molar-refractivity contribution in [2.45, 2.75) is 19.6 Å². The van der Waals surface area contributed by atoms with E-state index in [1.54, 1.807) is 18.2 Å². The minimum Gasteiger partial charge on any atom is -0.435 e. The van der Waals surface area contributed by atoms with E-state index >= 15 is 0 Å². The van der Waals surface area contributed by atoms with Gasteiger partial charge < -0.3 is 25.8 Å². The van der Waals surface area contributed by atoms with Crippen molar-refractivity contribution in [1.82, 2.24) is 10.6 Å². The first-order valence-corrected chi connectivity index (χ1v) is 9.63. The molecule has 0 aliphatic rings. The molecule has 0 aromatic heterocycles. The van der Waals surface area contributed by atoms with Crippen LogP contribution >= 0.6 is 0 Å². The number of nitro benzene ring substituents is 1. The number of aliphatic hydroxyl groups is 1. The monoisotopic (exact) mass is 437 g/mol. The predicted octanol–water partition coefficient (Wildman–Crippen LogP) is 2.90.